The first-order valence-electron chi connectivity index (χ1n) is 10.4. The molecule has 0 saturated heterocycles. The monoisotopic (exact) mass is 437 g/mol. The van der Waals surface area contributed by atoms with Crippen LogP contribution in [0.25, 0.3) is 0 Å². The zero-order valence-electron chi connectivity index (χ0n) is 19.0. The van der Waals surface area contributed by atoms with Crippen LogP contribution in [-0.4, -0.2) is 62.2 Å². The van der Waals surface area contributed by atoms with E-state index >= 15 is 0 Å². The van der Waals surface area contributed by atoms with Crippen LogP contribution in [-0.2, 0) is 11.8 Å². The zero-order chi connectivity index (χ0) is 23.6. The van der Waals surface area contributed by atoms with Gasteiger partial charge in [0, 0.05) is 39.3 Å². The second-order valence-corrected chi connectivity index (χ2v) is 8.39. The lowest BCUT2D eigenvalue weighted by atomic mass is 9.63. The van der Waals surface area contributed by atoms with Crippen molar-refractivity contribution in [2.24, 2.45) is 22.4 Å². The van der Waals surface area contributed by atoms with Gasteiger partial charge in [-0.15, -0.1) is 0 Å². The Balaban J connectivity index is 2.30. The first-order chi connectivity index (χ1) is 15.2. The van der Waals surface area contributed by atoms with Gasteiger partial charge in [-0.05, 0) is 65.9 Å². The molecule has 0 saturated carbocycles. The third-order valence-corrected chi connectivity index (χ3v) is 5.96. The van der Waals surface area contributed by atoms with Crippen molar-refractivity contribution in [2.75, 3.05) is 34.7 Å². The first kappa shape index (κ1) is 23.2. The summed E-state index contributed by atoms with van der Waals surface area (Å²) in [6.07, 6.45) is 1.02. The Morgan fingerprint density at radius 1 is 0.969 bits per heavy atom. The van der Waals surface area contributed by atoms with Crippen molar-refractivity contribution in [3.8, 4) is 0 Å². The number of hydrazone groups is 1. The van der Waals surface area contributed by atoms with Crippen LogP contribution < -0.4 is 22.8 Å². The van der Waals surface area contributed by atoms with E-state index in [2.05, 4.69) is 10.6 Å². The molecule has 0 bridgehead atoms. The number of carbonyl (C=O) groups excluding carboxylic acids is 2. The summed E-state index contributed by atoms with van der Waals surface area (Å²) in [5, 5.41) is 4.12. The summed E-state index contributed by atoms with van der Waals surface area (Å²) < 4.78 is 0. The summed E-state index contributed by atoms with van der Waals surface area (Å²) in [4.78, 5) is 28.3. The molecule has 2 aromatic carbocycles. The number of fused-ring (bicyclic) bond motifs is 2. The molecule has 0 aromatic heterocycles. The number of nitrogens with zero attached hydrogens (tertiary/aromatic N) is 3. The molecule has 1 aliphatic carbocycles. The number of carbonyl (C=O) groups is 2. The van der Waals surface area contributed by atoms with E-state index in [0.717, 1.165) is 22.3 Å². The highest BCUT2D eigenvalue weighted by Gasteiger charge is 2.44. The number of amidine groups is 1. The van der Waals surface area contributed by atoms with Gasteiger partial charge in [-0.1, -0.05) is 12.1 Å². The van der Waals surface area contributed by atoms with Gasteiger partial charge in [-0.25, -0.2) is 11.4 Å². The Hall–Kier alpha value is -3.43. The second kappa shape index (κ2) is 8.97. The molecule has 1 aliphatic rings. The smallest absolute Gasteiger partial charge is 0.253 e. The molecule has 7 N–H and O–H groups in total. The Morgan fingerprint density at radius 2 is 1.44 bits per heavy atom. The van der Waals surface area contributed by atoms with E-state index in [1.54, 1.807) is 40.3 Å². The van der Waals surface area contributed by atoms with E-state index in [0.29, 0.717) is 30.5 Å². The summed E-state index contributed by atoms with van der Waals surface area (Å²) in [6, 6.07) is 11.2. The summed E-state index contributed by atoms with van der Waals surface area (Å²) >= 11 is 0. The molecule has 0 heterocycles. The molecule has 2 amide bonds. The van der Waals surface area contributed by atoms with Gasteiger partial charge in [0.1, 0.15) is 5.84 Å². The summed E-state index contributed by atoms with van der Waals surface area (Å²) in [5.74, 6) is 5.56. The molecular weight excluding hydrogens is 406 g/mol. The molecular formula is C23H31N7O2. The van der Waals surface area contributed by atoms with Crippen LogP contribution in [0, 0.1) is 0 Å². The predicted octanol–water partition coefficient (Wildman–Crippen LogP) is 0.365. The third-order valence-electron chi connectivity index (χ3n) is 5.96. The van der Waals surface area contributed by atoms with Crippen molar-refractivity contribution in [2.45, 2.75) is 18.3 Å². The largest absolute Gasteiger partial charge is 0.385 e. The quantitative estimate of drug-likeness (QED) is 0.222. The molecule has 32 heavy (non-hydrogen) atoms. The van der Waals surface area contributed by atoms with Crippen molar-refractivity contribution >= 4 is 17.6 Å². The van der Waals surface area contributed by atoms with Crippen molar-refractivity contribution < 1.29 is 9.59 Å². The molecule has 170 valence electrons. The van der Waals surface area contributed by atoms with Gasteiger partial charge in [0.2, 0.25) is 0 Å². The lowest BCUT2D eigenvalue weighted by Crippen LogP contribution is -2.48. The molecule has 9 heteroatoms. The Kier molecular flexibility index (Phi) is 6.52. The van der Waals surface area contributed by atoms with Gasteiger partial charge in [0.05, 0.1) is 5.41 Å². The number of amides is 2. The molecule has 2 aromatic rings. The van der Waals surface area contributed by atoms with E-state index in [-0.39, 0.29) is 17.6 Å². The number of benzene rings is 2. The van der Waals surface area contributed by atoms with Gasteiger partial charge in [0.25, 0.3) is 11.8 Å². The highest BCUT2D eigenvalue weighted by Crippen LogP contribution is 2.45. The van der Waals surface area contributed by atoms with Crippen LogP contribution in [0.4, 0.5) is 0 Å². The lowest BCUT2D eigenvalue weighted by Gasteiger charge is -2.40. The number of rotatable bonds is 6. The number of hydrazine groups is 1. The van der Waals surface area contributed by atoms with Crippen LogP contribution in [0.2, 0.25) is 0 Å². The van der Waals surface area contributed by atoms with E-state index in [4.69, 9.17) is 17.3 Å². The van der Waals surface area contributed by atoms with Gasteiger partial charge in [0.15, 0.2) is 0 Å². The Labute approximate surface area is 188 Å². The first-order valence-corrected chi connectivity index (χ1v) is 10.4. The highest BCUT2D eigenvalue weighted by molar-refractivity contribution is 5.99. The molecule has 0 unspecified atom stereocenters. The van der Waals surface area contributed by atoms with Gasteiger partial charge < -0.3 is 21.3 Å². The van der Waals surface area contributed by atoms with E-state index in [9.17, 15) is 9.59 Å². The molecule has 0 radical (unpaired) electrons. The fourth-order valence-electron chi connectivity index (χ4n) is 4.50. The predicted molar refractivity (Wildman–Crippen MR) is 125 cm³/mol. The van der Waals surface area contributed by atoms with Crippen LogP contribution in [0.15, 0.2) is 41.5 Å². The highest BCUT2D eigenvalue weighted by atomic mass is 16.2. The maximum atomic E-state index is 12.6. The molecule has 0 aliphatic heterocycles. The fraction of sp³-hybridized carbons (Fsp3) is 0.348. The molecule has 9 nitrogen and oxygen atoms in total. The third kappa shape index (κ3) is 3.80. The van der Waals surface area contributed by atoms with Crippen LogP contribution in [0.5, 0.6) is 0 Å². The van der Waals surface area contributed by atoms with Crippen molar-refractivity contribution in [3.05, 3.63) is 69.8 Å². The summed E-state index contributed by atoms with van der Waals surface area (Å²) in [5.41, 5.74) is 18.9. The second-order valence-electron chi connectivity index (χ2n) is 8.39. The van der Waals surface area contributed by atoms with Crippen LogP contribution in [0.3, 0.4) is 0 Å². The standard InChI is InChI=1S/C23H31N7O2/c1-29(2)20(31)14-5-7-18-16(11-14)13-17-12-15(21(32)30(3)4)6-8-19(17)23(18,9-10-24)22(25)27-28-26/h5-8,11-12,28H,9-10,13,24,26H2,1-4H3,(H2,25,27). The summed E-state index contributed by atoms with van der Waals surface area (Å²) in [7, 11) is 6.86. The van der Waals surface area contributed by atoms with Crippen molar-refractivity contribution in [1.82, 2.24) is 15.3 Å². The number of nitrogens with two attached hydrogens (primary N) is 3. The maximum absolute atomic E-state index is 12.6. The maximum Gasteiger partial charge on any atom is 0.253 e. The van der Waals surface area contributed by atoms with Gasteiger partial charge in [-0.2, -0.15) is 5.10 Å². The normalized spacial score (nSPS) is 14.2. The molecule has 0 spiro atoms. The van der Waals surface area contributed by atoms with E-state index in [1.165, 1.54) is 9.80 Å². The summed E-state index contributed by atoms with van der Waals surface area (Å²) in [6.45, 7) is 0.344. The van der Waals surface area contributed by atoms with Gasteiger partial charge in [-0.3, -0.25) is 9.59 Å². The molecule has 3 rings (SSSR count). The average Bonchev–Trinajstić information content (AvgIpc) is 2.76. The van der Waals surface area contributed by atoms with Crippen molar-refractivity contribution in [3.63, 3.8) is 0 Å². The fourth-order valence-corrected chi connectivity index (χ4v) is 4.50. The SMILES string of the molecule is CN(C)C(=O)c1ccc2c(c1)Cc1cc(C(=O)N(C)C)ccc1C2(CCN)/C(N)=N/NN. The zero-order valence-corrected chi connectivity index (χ0v) is 19.0. The minimum absolute atomic E-state index is 0.0928. The van der Waals surface area contributed by atoms with Gasteiger partial charge >= 0.3 is 0 Å². The lowest BCUT2D eigenvalue weighted by molar-refractivity contribution is 0.0820. The molecule has 0 atom stereocenters. The van der Waals surface area contributed by atoms with E-state index < -0.39 is 5.41 Å². The van der Waals surface area contributed by atoms with Crippen LogP contribution in [0.1, 0.15) is 49.4 Å². The number of hydrogen-bond acceptors (Lipinski definition) is 6. The van der Waals surface area contributed by atoms with Crippen LogP contribution >= 0.6 is 0 Å². The topological polar surface area (TPSA) is 143 Å². The Bertz CT molecular complexity index is 1010. The average molecular weight is 438 g/mol. The molecule has 0 fully saturated rings. The van der Waals surface area contributed by atoms with E-state index in [1.807, 2.05) is 24.3 Å². The minimum Gasteiger partial charge on any atom is -0.385 e. The minimum atomic E-state index is -0.844. The number of nitrogens with one attached hydrogen (secondary N) is 1. The number of hydrogen-bond donors (Lipinski definition) is 4. The Morgan fingerprint density at radius 3 is 1.81 bits per heavy atom. The van der Waals surface area contributed by atoms with Crippen molar-refractivity contribution in [1.29, 1.82) is 0 Å².